The maximum atomic E-state index is 13.4. The number of nitrogens with one attached hydrogen (secondary N) is 1. The van der Waals surface area contributed by atoms with E-state index < -0.39 is 11.9 Å². The van der Waals surface area contributed by atoms with Crippen molar-refractivity contribution in [2.45, 2.75) is 44.3 Å². The van der Waals surface area contributed by atoms with Gasteiger partial charge in [0.25, 0.3) is 5.91 Å². The minimum Gasteiger partial charge on any atom is -0.351 e. The van der Waals surface area contributed by atoms with Crippen LogP contribution in [0.2, 0.25) is 0 Å². The molecule has 0 bridgehead atoms. The van der Waals surface area contributed by atoms with Gasteiger partial charge in [-0.3, -0.25) is 14.6 Å². The van der Waals surface area contributed by atoms with Crippen LogP contribution in [0.25, 0.3) is 0 Å². The van der Waals surface area contributed by atoms with Crippen LogP contribution in [-0.2, 0) is 11.3 Å². The predicted octanol–water partition coefficient (Wildman–Crippen LogP) is 3.51. The Kier molecular flexibility index (Phi) is 6.61. The summed E-state index contributed by atoms with van der Waals surface area (Å²) in [6.07, 6.45) is 7.20. The Hall–Kier alpha value is -3.20. The molecule has 2 heterocycles. The molecule has 1 aromatic carbocycles. The molecule has 0 unspecified atom stereocenters. The average Bonchev–Trinajstić information content (AvgIpc) is 3.49. The van der Waals surface area contributed by atoms with Gasteiger partial charge < -0.3 is 10.2 Å². The van der Waals surface area contributed by atoms with Gasteiger partial charge in [0.2, 0.25) is 5.91 Å². The molecule has 2 amide bonds. The zero-order valence-corrected chi connectivity index (χ0v) is 17.6. The topological polar surface area (TPSA) is 88.1 Å². The molecule has 1 aliphatic rings. The third-order valence-corrected chi connectivity index (χ3v) is 5.87. The molecule has 1 saturated carbocycles. The summed E-state index contributed by atoms with van der Waals surface area (Å²) in [6, 6.07) is 8.56. The normalized spacial score (nSPS) is 14.9. The molecule has 1 aliphatic carbocycles. The van der Waals surface area contributed by atoms with Crippen LogP contribution < -0.4 is 5.32 Å². The lowest BCUT2D eigenvalue weighted by molar-refractivity contribution is -0.126. The maximum absolute atomic E-state index is 13.4. The summed E-state index contributed by atoms with van der Waals surface area (Å²) >= 11 is 1.06. The lowest BCUT2D eigenvalue weighted by Crippen LogP contribution is -2.46. The zero-order chi connectivity index (χ0) is 21.6. The summed E-state index contributed by atoms with van der Waals surface area (Å²) < 4.78 is 17.2. The van der Waals surface area contributed by atoms with E-state index in [1.54, 1.807) is 42.0 Å². The standard InChI is InChI=1S/C22H22FN5O2S/c23-17-9-7-15(8-10-17)13-28(22(30)19-14-31-27-26-19)20(16-4-3-11-24-12-16)21(29)25-18-5-1-2-6-18/h3-4,7-12,14,18,20H,1-2,5-6,13H2,(H,25,29)/t20-/m0/s1. The second-order valence-electron chi connectivity index (χ2n) is 7.53. The first kappa shape index (κ1) is 21.0. The number of carbonyl (C=O) groups excluding carboxylic acids is 2. The Bertz CT molecular complexity index is 1010. The van der Waals surface area contributed by atoms with Crippen LogP contribution in [0.4, 0.5) is 4.39 Å². The molecule has 1 atom stereocenters. The smallest absolute Gasteiger partial charge is 0.276 e. The Morgan fingerprint density at radius 1 is 1.19 bits per heavy atom. The van der Waals surface area contributed by atoms with E-state index in [-0.39, 0.29) is 30.0 Å². The van der Waals surface area contributed by atoms with Crippen molar-refractivity contribution in [3.8, 4) is 0 Å². The number of amides is 2. The molecule has 0 radical (unpaired) electrons. The van der Waals surface area contributed by atoms with E-state index in [1.807, 2.05) is 0 Å². The van der Waals surface area contributed by atoms with Crippen molar-refractivity contribution >= 4 is 23.3 Å². The van der Waals surface area contributed by atoms with Crippen molar-refractivity contribution in [3.63, 3.8) is 0 Å². The van der Waals surface area contributed by atoms with Crippen LogP contribution in [0, 0.1) is 5.82 Å². The van der Waals surface area contributed by atoms with E-state index in [0.29, 0.717) is 11.1 Å². The predicted molar refractivity (Wildman–Crippen MR) is 114 cm³/mol. The fourth-order valence-electron chi connectivity index (χ4n) is 3.83. The van der Waals surface area contributed by atoms with Gasteiger partial charge in [0.1, 0.15) is 11.9 Å². The third kappa shape index (κ3) is 5.11. The van der Waals surface area contributed by atoms with Gasteiger partial charge in [0.05, 0.1) is 0 Å². The number of hydrogen-bond acceptors (Lipinski definition) is 6. The van der Waals surface area contributed by atoms with Gasteiger partial charge in [-0.1, -0.05) is 35.5 Å². The van der Waals surface area contributed by atoms with E-state index >= 15 is 0 Å². The summed E-state index contributed by atoms with van der Waals surface area (Å²) in [4.78, 5) is 32.4. The molecular weight excluding hydrogens is 417 g/mol. The third-order valence-electron chi connectivity index (χ3n) is 5.37. The SMILES string of the molecule is O=C(NC1CCCC1)[C@H](c1cccnc1)N(Cc1ccc(F)cc1)C(=O)c1csnn1. The first-order chi connectivity index (χ1) is 15.1. The molecule has 3 aromatic rings. The monoisotopic (exact) mass is 439 g/mol. The molecular formula is C22H22FN5O2S. The molecule has 2 aromatic heterocycles. The van der Waals surface area contributed by atoms with Gasteiger partial charge in [0, 0.05) is 35.9 Å². The van der Waals surface area contributed by atoms with Crippen molar-refractivity contribution in [3.05, 3.63) is 76.8 Å². The van der Waals surface area contributed by atoms with Gasteiger partial charge in [-0.2, -0.15) is 0 Å². The molecule has 0 aliphatic heterocycles. The highest BCUT2D eigenvalue weighted by Crippen LogP contribution is 2.27. The van der Waals surface area contributed by atoms with Crippen LogP contribution in [0.1, 0.15) is 53.3 Å². The number of rotatable bonds is 7. The average molecular weight is 440 g/mol. The maximum Gasteiger partial charge on any atom is 0.276 e. The summed E-state index contributed by atoms with van der Waals surface area (Å²) in [5.41, 5.74) is 1.45. The quantitative estimate of drug-likeness (QED) is 0.609. The number of carbonyl (C=O) groups is 2. The van der Waals surface area contributed by atoms with E-state index in [2.05, 4.69) is 19.9 Å². The van der Waals surface area contributed by atoms with Crippen LogP contribution in [0.3, 0.4) is 0 Å². The van der Waals surface area contributed by atoms with Gasteiger partial charge in [-0.15, -0.1) is 5.10 Å². The number of nitrogens with zero attached hydrogens (tertiary/aromatic N) is 4. The van der Waals surface area contributed by atoms with Gasteiger partial charge in [-0.25, -0.2) is 4.39 Å². The fraction of sp³-hybridized carbons (Fsp3) is 0.318. The number of pyridine rings is 1. The zero-order valence-electron chi connectivity index (χ0n) is 16.8. The van der Waals surface area contributed by atoms with Crippen LogP contribution in [-0.4, -0.2) is 37.3 Å². The lowest BCUT2D eigenvalue weighted by Gasteiger charge is -2.31. The van der Waals surface area contributed by atoms with Crippen molar-refractivity contribution in [1.82, 2.24) is 24.8 Å². The van der Waals surface area contributed by atoms with Crippen molar-refractivity contribution in [2.24, 2.45) is 0 Å². The number of benzene rings is 1. The molecule has 0 spiro atoms. The van der Waals surface area contributed by atoms with Crippen molar-refractivity contribution < 1.29 is 14.0 Å². The largest absolute Gasteiger partial charge is 0.351 e. The van der Waals surface area contributed by atoms with E-state index in [4.69, 9.17) is 0 Å². The number of hydrogen-bond donors (Lipinski definition) is 1. The molecule has 31 heavy (non-hydrogen) atoms. The van der Waals surface area contributed by atoms with Crippen LogP contribution in [0.15, 0.2) is 54.2 Å². The minimum absolute atomic E-state index is 0.0929. The summed E-state index contributed by atoms with van der Waals surface area (Å²) in [7, 11) is 0. The Morgan fingerprint density at radius 3 is 2.61 bits per heavy atom. The van der Waals surface area contributed by atoms with E-state index in [0.717, 1.165) is 37.2 Å². The Labute approximate surface area is 183 Å². The molecule has 160 valence electrons. The molecule has 4 rings (SSSR count). The molecule has 7 nitrogen and oxygen atoms in total. The summed E-state index contributed by atoms with van der Waals surface area (Å²) in [5, 5.41) is 8.55. The molecule has 9 heteroatoms. The Balaban J connectivity index is 1.71. The van der Waals surface area contributed by atoms with Crippen LogP contribution >= 0.6 is 11.5 Å². The van der Waals surface area contributed by atoms with Crippen molar-refractivity contribution in [1.29, 1.82) is 0 Å². The van der Waals surface area contributed by atoms with Gasteiger partial charge in [0.15, 0.2) is 5.69 Å². The first-order valence-electron chi connectivity index (χ1n) is 10.1. The van der Waals surface area contributed by atoms with Crippen LogP contribution in [0.5, 0.6) is 0 Å². The van der Waals surface area contributed by atoms with E-state index in [1.165, 1.54) is 17.0 Å². The first-order valence-corrected chi connectivity index (χ1v) is 11.0. The molecule has 1 fully saturated rings. The highest BCUT2D eigenvalue weighted by atomic mass is 32.1. The second-order valence-corrected chi connectivity index (χ2v) is 8.14. The van der Waals surface area contributed by atoms with Crippen molar-refractivity contribution in [2.75, 3.05) is 0 Å². The Morgan fingerprint density at radius 2 is 1.97 bits per heavy atom. The van der Waals surface area contributed by atoms with Gasteiger partial charge in [-0.05, 0) is 48.1 Å². The fourth-order valence-corrected chi connectivity index (χ4v) is 4.26. The lowest BCUT2D eigenvalue weighted by atomic mass is 10.0. The minimum atomic E-state index is -0.909. The highest BCUT2D eigenvalue weighted by Gasteiger charge is 2.34. The molecule has 0 saturated heterocycles. The second kappa shape index (κ2) is 9.74. The highest BCUT2D eigenvalue weighted by molar-refractivity contribution is 7.03. The van der Waals surface area contributed by atoms with E-state index in [9.17, 15) is 14.0 Å². The number of aromatic nitrogens is 3. The summed E-state index contributed by atoms with van der Waals surface area (Å²) in [5.74, 6) is -1.06. The molecule has 1 N–H and O–H groups in total. The van der Waals surface area contributed by atoms with Gasteiger partial charge >= 0.3 is 0 Å². The summed E-state index contributed by atoms with van der Waals surface area (Å²) in [6.45, 7) is 0.105. The number of halogens is 1.